The minimum atomic E-state index is -0.157. The molecule has 3 heteroatoms. The summed E-state index contributed by atoms with van der Waals surface area (Å²) in [4.78, 5) is 0. The van der Waals surface area contributed by atoms with E-state index in [4.69, 9.17) is 5.73 Å². The van der Waals surface area contributed by atoms with Gasteiger partial charge in [-0.15, -0.1) is 0 Å². The van der Waals surface area contributed by atoms with Gasteiger partial charge in [0.25, 0.3) is 0 Å². The van der Waals surface area contributed by atoms with Gasteiger partial charge in [0.15, 0.2) is 0 Å². The summed E-state index contributed by atoms with van der Waals surface area (Å²) in [5.41, 5.74) is 7.29. The molecule has 0 fully saturated rings. The highest BCUT2D eigenvalue weighted by molar-refractivity contribution is 5.54. The van der Waals surface area contributed by atoms with Crippen LogP contribution >= 0.6 is 0 Å². The summed E-state index contributed by atoms with van der Waals surface area (Å²) in [6.45, 7) is 0.733. The number of anilines is 1. The molecule has 12 heavy (non-hydrogen) atoms. The summed E-state index contributed by atoms with van der Waals surface area (Å²) >= 11 is 0. The molecule has 0 spiro atoms. The van der Waals surface area contributed by atoms with Crippen molar-refractivity contribution in [3.8, 4) is 0 Å². The van der Waals surface area contributed by atoms with Gasteiger partial charge in [-0.1, -0.05) is 6.07 Å². The zero-order valence-corrected chi connectivity index (χ0v) is 6.68. The Bertz CT molecular complexity index is 299. The predicted molar refractivity (Wildman–Crippen MR) is 46.6 cm³/mol. The van der Waals surface area contributed by atoms with Gasteiger partial charge in [-0.25, -0.2) is 4.39 Å². The number of benzene rings is 1. The molecule has 2 rings (SSSR count). The first-order valence-corrected chi connectivity index (χ1v) is 4.04. The minimum Gasteiger partial charge on any atom is -0.383 e. The fourth-order valence-corrected chi connectivity index (χ4v) is 1.51. The third kappa shape index (κ3) is 1.16. The van der Waals surface area contributed by atoms with Crippen LogP contribution in [-0.2, 0) is 6.42 Å². The van der Waals surface area contributed by atoms with E-state index < -0.39 is 0 Å². The number of nitrogens with one attached hydrogen (secondary N) is 1. The summed E-state index contributed by atoms with van der Waals surface area (Å²) in [6.07, 6.45) is 0.634. The van der Waals surface area contributed by atoms with Crippen LogP contribution in [-0.4, -0.2) is 12.6 Å². The van der Waals surface area contributed by atoms with E-state index in [0.717, 1.165) is 17.8 Å². The van der Waals surface area contributed by atoms with Crippen molar-refractivity contribution in [3.63, 3.8) is 0 Å². The van der Waals surface area contributed by atoms with Crippen molar-refractivity contribution in [2.75, 3.05) is 11.9 Å². The van der Waals surface area contributed by atoms with Gasteiger partial charge in [0.1, 0.15) is 5.82 Å². The monoisotopic (exact) mass is 166 g/mol. The minimum absolute atomic E-state index is 0.0365. The SMILES string of the molecule is N[C@H]1CNc2cccc(F)c2C1. The second-order valence-electron chi connectivity index (χ2n) is 3.11. The zero-order valence-electron chi connectivity index (χ0n) is 6.68. The molecule has 0 saturated carbocycles. The molecule has 0 aliphatic carbocycles. The van der Waals surface area contributed by atoms with E-state index in [2.05, 4.69) is 5.32 Å². The van der Waals surface area contributed by atoms with Gasteiger partial charge in [-0.05, 0) is 18.6 Å². The fraction of sp³-hybridized carbons (Fsp3) is 0.333. The Kier molecular flexibility index (Phi) is 1.73. The Morgan fingerprint density at radius 1 is 1.50 bits per heavy atom. The highest BCUT2D eigenvalue weighted by atomic mass is 19.1. The Morgan fingerprint density at radius 2 is 2.33 bits per heavy atom. The first kappa shape index (κ1) is 7.55. The Balaban J connectivity index is 2.43. The smallest absolute Gasteiger partial charge is 0.128 e. The van der Waals surface area contributed by atoms with E-state index in [-0.39, 0.29) is 11.9 Å². The number of hydrogen-bond donors (Lipinski definition) is 2. The highest BCUT2D eigenvalue weighted by Gasteiger charge is 2.17. The Morgan fingerprint density at radius 3 is 3.17 bits per heavy atom. The highest BCUT2D eigenvalue weighted by Crippen LogP contribution is 2.23. The van der Waals surface area contributed by atoms with Crippen LogP contribution in [0.15, 0.2) is 18.2 Å². The first-order valence-electron chi connectivity index (χ1n) is 4.04. The van der Waals surface area contributed by atoms with Gasteiger partial charge >= 0.3 is 0 Å². The third-order valence-corrected chi connectivity index (χ3v) is 2.14. The molecule has 1 heterocycles. The maximum Gasteiger partial charge on any atom is 0.128 e. The van der Waals surface area contributed by atoms with Gasteiger partial charge in [-0.3, -0.25) is 0 Å². The first-order chi connectivity index (χ1) is 5.77. The molecule has 0 unspecified atom stereocenters. The van der Waals surface area contributed by atoms with Crippen LogP contribution in [0.2, 0.25) is 0 Å². The predicted octanol–water partition coefficient (Wildman–Crippen LogP) is 1.12. The Hall–Kier alpha value is -1.09. The summed E-state index contributed by atoms with van der Waals surface area (Å²) in [6, 6.07) is 5.09. The summed E-state index contributed by atoms with van der Waals surface area (Å²) in [7, 11) is 0. The van der Waals surface area contributed by atoms with E-state index in [0.29, 0.717) is 6.42 Å². The van der Waals surface area contributed by atoms with Crippen molar-refractivity contribution in [1.82, 2.24) is 0 Å². The van der Waals surface area contributed by atoms with Crippen molar-refractivity contribution in [1.29, 1.82) is 0 Å². The molecule has 0 aromatic heterocycles. The lowest BCUT2D eigenvalue weighted by atomic mass is 10.00. The second kappa shape index (κ2) is 2.75. The number of fused-ring (bicyclic) bond motifs is 1. The number of halogens is 1. The topological polar surface area (TPSA) is 38.0 Å². The molecule has 0 amide bonds. The summed E-state index contributed by atoms with van der Waals surface area (Å²) in [5, 5.41) is 3.09. The number of rotatable bonds is 0. The largest absolute Gasteiger partial charge is 0.383 e. The van der Waals surface area contributed by atoms with Crippen molar-refractivity contribution in [2.24, 2.45) is 5.73 Å². The second-order valence-corrected chi connectivity index (χ2v) is 3.11. The van der Waals surface area contributed by atoms with Crippen molar-refractivity contribution in [3.05, 3.63) is 29.6 Å². The fourth-order valence-electron chi connectivity index (χ4n) is 1.51. The van der Waals surface area contributed by atoms with Crippen LogP contribution in [0, 0.1) is 5.82 Å². The quantitative estimate of drug-likeness (QED) is 0.606. The van der Waals surface area contributed by atoms with Crippen molar-refractivity contribution >= 4 is 5.69 Å². The van der Waals surface area contributed by atoms with Crippen LogP contribution in [0.3, 0.4) is 0 Å². The molecule has 1 aromatic rings. The van der Waals surface area contributed by atoms with Gasteiger partial charge in [0.05, 0.1) is 0 Å². The van der Waals surface area contributed by atoms with Crippen LogP contribution in [0.5, 0.6) is 0 Å². The summed E-state index contributed by atoms with van der Waals surface area (Å²) < 4.78 is 13.1. The molecular formula is C9H11FN2. The molecule has 0 bridgehead atoms. The van der Waals surface area contributed by atoms with E-state index in [9.17, 15) is 4.39 Å². The number of nitrogens with two attached hydrogens (primary N) is 1. The van der Waals surface area contributed by atoms with Crippen molar-refractivity contribution in [2.45, 2.75) is 12.5 Å². The molecule has 0 saturated heterocycles. The molecular weight excluding hydrogens is 155 g/mol. The molecule has 2 nitrogen and oxygen atoms in total. The van der Waals surface area contributed by atoms with Gasteiger partial charge in [0.2, 0.25) is 0 Å². The summed E-state index contributed by atoms with van der Waals surface area (Å²) in [5.74, 6) is -0.157. The third-order valence-electron chi connectivity index (χ3n) is 2.14. The number of hydrogen-bond acceptors (Lipinski definition) is 2. The molecule has 1 aromatic carbocycles. The lowest BCUT2D eigenvalue weighted by Crippen LogP contribution is -2.35. The normalized spacial score (nSPS) is 21.3. The molecule has 64 valence electrons. The van der Waals surface area contributed by atoms with Crippen LogP contribution in [0.1, 0.15) is 5.56 Å². The maximum atomic E-state index is 13.1. The van der Waals surface area contributed by atoms with Crippen LogP contribution < -0.4 is 11.1 Å². The average molecular weight is 166 g/mol. The average Bonchev–Trinajstić information content (AvgIpc) is 2.07. The molecule has 3 N–H and O–H groups in total. The van der Waals surface area contributed by atoms with Crippen molar-refractivity contribution < 1.29 is 4.39 Å². The van der Waals surface area contributed by atoms with Gasteiger partial charge < -0.3 is 11.1 Å². The molecule has 0 radical (unpaired) electrons. The van der Waals surface area contributed by atoms with Gasteiger partial charge in [-0.2, -0.15) is 0 Å². The lowest BCUT2D eigenvalue weighted by Gasteiger charge is -2.23. The standard InChI is InChI=1S/C9H11FN2/c10-8-2-1-3-9-7(8)4-6(11)5-12-9/h1-3,6,12H,4-5,11H2/t6-/m1/s1. The van der Waals surface area contributed by atoms with Crippen LogP contribution in [0.4, 0.5) is 10.1 Å². The zero-order chi connectivity index (χ0) is 8.55. The molecule has 1 atom stereocenters. The Labute approximate surface area is 70.6 Å². The van der Waals surface area contributed by atoms with Gasteiger partial charge in [0, 0.05) is 23.8 Å². The molecule has 1 aliphatic heterocycles. The molecule has 1 aliphatic rings. The van der Waals surface area contributed by atoms with E-state index in [1.807, 2.05) is 6.07 Å². The lowest BCUT2D eigenvalue weighted by molar-refractivity contribution is 0.583. The van der Waals surface area contributed by atoms with E-state index in [1.54, 1.807) is 6.07 Å². The van der Waals surface area contributed by atoms with E-state index >= 15 is 0 Å². The van der Waals surface area contributed by atoms with E-state index in [1.165, 1.54) is 6.07 Å². The van der Waals surface area contributed by atoms with Crippen LogP contribution in [0.25, 0.3) is 0 Å². The maximum absolute atomic E-state index is 13.1.